The average molecular weight is 236 g/mol. The van der Waals surface area contributed by atoms with Gasteiger partial charge in [-0.15, -0.1) is 0 Å². The lowest BCUT2D eigenvalue weighted by atomic mass is 10.2. The highest BCUT2D eigenvalue weighted by atomic mass is 16.6. The molecule has 0 aliphatic rings. The third kappa shape index (κ3) is 4.38. The number of ether oxygens (including phenoxy) is 2. The quantitative estimate of drug-likeness (QED) is 0.616. The summed E-state index contributed by atoms with van der Waals surface area (Å²) in [6.45, 7) is -0.214. The van der Waals surface area contributed by atoms with Crippen LogP contribution in [0.1, 0.15) is 5.56 Å². The smallest absolute Gasteiger partial charge is 0.343 e. The van der Waals surface area contributed by atoms with Gasteiger partial charge in [0.1, 0.15) is 5.75 Å². The standard InChI is InChI=1S/C12H12O5/c1-16-12(15)8-17-10-5-3-2-4-9(10)6-7-11(13)14/h2-7H,8H2,1H3,(H,13,14). The van der Waals surface area contributed by atoms with E-state index >= 15 is 0 Å². The van der Waals surface area contributed by atoms with Gasteiger partial charge in [0.15, 0.2) is 6.61 Å². The molecule has 5 heteroatoms. The third-order valence-electron chi connectivity index (χ3n) is 1.90. The molecule has 17 heavy (non-hydrogen) atoms. The molecular weight excluding hydrogens is 224 g/mol. The molecule has 0 radical (unpaired) electrons. The first-order valence-corrected chi connectivity index (χ1v) is 4.83. The van der Waals surface area contributed by atoms with Gasteiger partial charge in [0.2, 0.25) is 0 Å². The number of hydrogen-bond acceptors (Lipinski definition) is 4. The van der Waals surface area contributed by atoms with Crippen LogP contribution >= 0.6 is 0 Å². The van der Waals surface area contributed by atoms with Crippen molar-refractivity contribution in [3.63, 3.8) is 0 Å². The van der Waals surface area contributed by atoms with Gasteiger partial charge in [-0.05, 0) is 12.1 Å². The molecule has 0 spiro atoms. The van der Waals surface area contributed by atoms with Gasteiger partial charge in [-0.2, -0.15) is 0 Å². The Morgan fingerprint density at radius 1 is 1.35 bits per heavy atom. The number of carboxylic acid groups (broad SMARTS) is 1. The number of hydrogen-bond donors (Lipinski definition) is 1. The molecule has 0 aliphatic carbocycles. The topological polar surface area (TPSA) is 72.8 Å². The molecular formula is C12H12O5. The molecule has 0 atom stereocenters. The molecule has 0 aromatic heterocycles. The fourth-order valence-electron chi connectivity index (χ4n) is 1.11. The van der Waals surface area contributed by atoms with Crippen LogP contribution in [0.2, 0.25) is 0 Å². The van der Waals surface area contributed by atoms with Crippen LogP contribution in [0.4, 0.5) is 0 Å². The van der Waals surface area contributed by atoms with E-state index in [0.29, 0.717) is 11.3 Å². The molecule has 1 aromatic carbocycles. The van der Waals surface area contributed by atoms with Gasteiger partial charge in [-0.3, -0.25) is 0 Å². The number of rotatable bonds is 5. The molecule has 0 saturated carbocycles. The van der Waals surface area contributed by atoms with Crippen LogP contribution in [0, 0.1) is 0 Å². The third-order valence-corrected chi connectivity index (χ3v) is 1.90. The van der Waals surface area contributed by atoms with E-state index in [-0.39, 0.29) is 6.61 Å². The van der Waals surface area contributed by atoms with Crippen molar-refractivity contribution in [2.45, 2.75) is 0 Å². The molecule has 1 aromatic rings. The molecule has 90 valence electrons. The van der Waals surface area contributed by atoms with Crippen LogP contribution in [-0.2, 0) is 14.3 Å². The molecule has 5 nitrogen and oxygen atoms in total. The summed E-state index contributed by atoms with van der Waals surface area (Å²) < 4.78 is 9.64. The Balaban J connectivity index is 2.77. The summed E-state index contributed by atoms with van der Waals surface area (Å²) in [5.41, 5.74) is 0.582. The Bertz CT molecular complexity index is 436. The van der Waals surface area contributed by atoms with Crippen LogP contribution in [0.25, 0.3) is 6.08 Å². The minimum atomic E-state index is -1.05. The Morgan fingerprint density at radius 3 is 2.71 bits per heavy atom. The highest BCUT2D eigenvalue weighted by Gasteiger charge is 2.04. The number of esters is 1. The van der Waals surface area contributed by atoms with Crippen molar-refractivity contribution in [1.29, 1.82) is 0 Å². The lowest BCUT2D eigenvalue weighted by molar-refractivity contribution is -0.143. The van der Waals surface area contributed by atoms with Crippen molar-refractivity contribution < 1.29 is 24.2 Å². The second-order valence-electron chi connectivity index (χ2n) is 3.07. The predicted octanol–water partition coefficient (Wildman–Crippen LogP) is 1.34. The number of benzene rings is 1. The van der Waals surface area contributed by atoms with Crippen LogP contribution in [0.5, 0.6) is 5.75 Å². The first kappa shape index (κ1) is 12.8. The predicted molar refractivity (Wildman–Crippen MR) is 60.6 cm³/mol. The fraction of sp³-hybridized carbons (Fsp3) is 0.167. The first-order valence-electron chi connectivity index (χ1n) is 4.83. The van der Waals surface area contributed by atoms with E-state index < -0.39 is 11.9 Å². The Labute approximate surface area is 98.3 Å². The van der Waals surface area contributed by atoms with E-state index in [9.17, 15) is 9.59 Å². The summed E-state index contributed by atoms with van der Waals surface area (Å²) >= 11 is 0. The summed E-state index contributed by atoms with van der Waals surface area (Å²) in [6, 6.07) is 6.80. The van der Waals surface area contributed by atoms with Gasteiger partial charge in [0.25, 0.3) is 0 Å². The van der Waals surface area contributed by atoms with Gasteiger partial charge in [-0.1, -0.05) is 18.2 Å². The zero-order chi connectivity index (χ0) is 12.7. The van der Waals surface area contributed by atoms with Gasteiger partial charge >= 0.3 is 11.9 Å². The van der Waals surface area contributed by atoms with Crippen LogP contribution in [0.15, 0.2) is 30.3 Å². The zero-order valence-corrected chi connectivity index (χ0v) is 9.25. The van der Waals surface area contributed by atoms with Gasteiger partial charge in [-0.25, -0.2) is 9.59 Å². The normalized spacial score (nSPS) is 10.2. The van der Waals surface area contributed by atoms with E-state index in [0.717, 1.165) is 6.08 Å². The Morgan fingerprint density at radius 2 is 2.06 bits per heavy atom. The molecule has 0 aliphatic heterocycles. The summed E-state index contributed by atoms with van der Waals surface area (Å²) in [5, 5.41) is 8.52. The fourth-order valence-corrected chi connectivity index (χ4v) is 1.11. The van der Waals surface area contributed by atoms with E-state index in [1.165, 1.54) is 13.2 Å². The van der Waals surface area contributed by atoms with E-state index in [4.69, 9.17) is 9.84 Å². The number of carbonyl (C=O) groups excluding carboxylic acids is 1. The number of para-hydroxylation sites is 1. The minimum Gasteiger partial charge on any atom is -0.481 e. The van der Waals surface area contributed by atoms with Crippen molar-refractivity contribution in [3.8, 4) is 5.75 Å². The monoisotopic (exact) mass is 236 g/mol. The maximum absolute atomic E-state index is 10.9. The number of aliphatic carboxylic acids is 1. The molecule has 0 heterocycles. The lowest BCUT2D eigenvalue weighted by Crippen LogP contribution is -2.12. The Kier molecular flexibility index (Phi) is 4.75. The molecule has 1 N–H and O–H groups in total. The van der Waals surface area contributed by atoms with Crippen molar-refractivity contribution in [3.05, 3.63) is 35.9 Å². The van der Waals surface area contributed by atoms with Crippen LogP contribution in [0.3, 0.4) is 0 Å². The van der Waals surface area contributed by atoms with E-state index in [1.54, 1.807) is 24.3 Å². The average Bonchev–Trinajstić information content (AvgIpc) is 2.34. The summed E-state index contributed by atoms with van der Waals surface area (Å²) in [6.07, 6.45) is 2.40. The number of carbonyl (C=O) groups is 2. The van der Waals surface area contributed by atoms with Crippen LogP contribution in [-0.4, -0.2) is 30.8 Å². The molecule has 0 bridgehead atoms. The number of methoxy groups -OCH3 is 1. The molecule has 0 amide bonds. The number of carboxylic acids is 1. The second kappa shape index (κ2) is 6.32. The van der Waals surface area contributed by atoms with Crippen LogP contribution < -0.4 is 4.74 Å². The first-order chi connectivity index (χ1) is 8.13. The SMILES string of the molecule is COC(=O)COc1ccccc1C=CC(=O)O. The largest absolute Gasteiger partial charge is 0.481 e. The maximum atomic E-state index is 10.9. The molecule has 0 unspecified atom stereocenters. The zero-order valence-electron chi connectivity index (χ0n) is 9.25. The maximum Gasteiger partial charge on any atom is 0.343 e. The van der Waals surface area contributed by atoms with Crippen molar-refractivity contribution in [1.82, 2.24) is 0 Å². The summed E-state index contributed by atoms with van der Waals surface area (Å²) in [4.78, 5) is 21.3. The minimum absolute atomic E-state index is 0.214. The molecule has 1 rings (SSSR count). The van der Waals surface area contributed by atoms with Gasteiger partial charge in [0, 0.05) is 11.6 Å². The molecule has 0 saturated heterocycles. The summed E-state index contributed by atoms with van der Waals surface area (Å²) in [7, 11) is 1.27. The van der Waals surface area contributed by atoms with E-state index in [1.807, 2.05) is 0 Å². The molecule has 0 fully saturated rings. The Hall–Kier alpha value is -2.30. The van der Waals surface area contributed by atoms with Gasteiger partial charge < -0.3 is 14.6 Å². The highest BCUT2D eigenvalue weighted by molar-refractivity contribution is 5.85. The highest BCUT2D eigenvalue weighted by Crippen LogP contribution is 2.19. The van der Waals surface area contributed by atoms with Crippen molar-refractivity contribution >= 4 is 18.0 Å². The second-order valence-corrected chi connectivity index (χ2v) is 3.07. The van der Waals surface area contributed by atoms with E-state index in [2.05, 4.69) is 4.74 Å². The van der Waals surface area contributed by atoms with Crippen molar-refractivity contribution in [2.75, 3.05) is 13.7 Å². The van der Waals surface area contributed by atoms with Gasteiger partial charge in [0.05, 0.1) is 7.11 Å². The van der Waals surface area contributed by atoms with Crippen molar-refractivity contribution in [2.24, 2.45) is 0 Å². The lowest BCUT2D eigenvalue weighted by Gasteiger charge is -2.07. The summed E-state index contributed by atoms with van der Waals surface area (Å²) in [5.74, 6) is -1.12.